The highest BCUT2D eigenvalue weighted by Crippen LogP contribution is 2.21. The summed E-state index contributed by atoms with van der Waals surface area (Å²) in [7, 11) is 0. The van der Waals surface area contributed by atoms with Crippen molar-refractivity contribution in [3.05, 3.63) is 0 Å². The first-order valence-electron chi connectivity index (χ1n) is 4.57. The van der Waals surface area contributed by atoms with Crippen LogP contribution in [0.1, 0.15) is 20.3 Å². The normalized spacial score (nSPS) is 26.5. The van der Waals surface area contributed by atoms with Crippen molar-refractivity contribution in [1.82, 2.24) is 0 Å². The van der Waals surface area contributed by atoms with E-state index in [4.69, 9.17) is 4.74 Å². The average Bonchev–Trinajstić information content (AvgIpc) is 2.51. The fourth-order valence-corrected chi connectivity index (χ4v) is 2.14. The summed E-state index contributed by atoms with van der Waals surface area (Å²) in [6.07, 6.45) is 0.861. The van der Waals surface area contributed by atoms with Crippen molar-refractivity contribution in [2.24, 2.45) is 5.92 Å². The molecule has 0 radical (unpaired) electrons. The Hall–Kier alpha value is 0.270. The average molecular weight is 190 g/mol. The lowest BCUT2D eigenvalue weighted by molar-refractivity contribution is 0.109. The monoisotopic (exact) mass is 190 g/mol. The van der Waals surface area contributed by atoms with Crippen molar-refractivity contribution >= 4 is 11.8 Å². The van der Waals surface area contributed by atoms with E-state index in [0.717, 1.165) is 25.4 Å². The van der Waals surface area contributed by atoms with E-state index in [1.165, 1.54) is 0 Å². The van der Waals surface area contributed by atoms with Crippen LogP contribution in [0, 0.1) is 5.92 Å². The van der Waals surface area contributed by atoms with Gasteiger partial charge in [0, 0.05) is 18.3 Å². The zero-order valence-corrected chi connectivity index (χ0v) is 8.64. The molecule has 1 N–H and O–H groups in total. The molecule has 72 valence electrons. The van der Waals surface area contributed by atoms with E-state index in [9.17, 15) is 5.11 Å². The Balaban J connectivity index is 2.13. The van der Waals surface area contributed by atoms with E-state index in [1.807, 2.05) is 11.8 Å². The minimum Gasteiger partial charge on any atom is -0.392 e. The third kappa shape index (κ3) is 3.33. The quantitative estimate of drug-likeness (QED) is 0.729. The van der Waals surface area contributed by atoms with Gasteiger partial charge in [0.15, 0.2) is 0 Å². The topological polar surface area (TPSA) is 29.5 Å². The van der Waals surface area contributed by atoms with Gasteiger partial charge in [-0.25, -0.2) is 0 Å². The fourth-order valence-electron chi connectivity index (χ4n) is 1.28. The number of aliphatic hydroxyl groups excluding tert-OH is 1. The summed E-state index contributed by atoms with van der Waals surface area (Å²) in [4.78, 5) is 0. The van der Waals surface area contributed by atoms with Crippen LogP contribution in [-0.4, -0.2) is 35.4 Å². The zero-order valence-electron chi connectivity index (χ0n) is 7.82. The first kappa shape index (κ1) is 10.4. The smallest absolute Gasteiger partial charge is 0.0681 e. The fraction of sp³-hybridized carbons (Fsp3) is 1.00. The summed E-state index contributed by atoms with van der Waals surface area (Å²) in [5.74, 6) is 1.24. The van der Waals surface area contributed by atoms with Crippen molar-refractivity contribution in [2.45, 2.75) is 31.6 Å². The molecule has 1 aliphatic rings. The van der Waals surface area contributed by atoms with Crippen molar-refractivity contribution in [2.75, 3.05) is 19.0 Å². The molecule has 1 heterocycles. The van der Waals surface area contributed by atoms with Gasteiger partial charge >= 0.3 is 0 Å². The van der Waals surface area contributed by atoms with Gasteiger partial charge in [0.05, 0.1) is 12.7 Å². The van der Waals surface area contributed by atoms with Crippen LogP contribution < -0.4 is 0 Å². The van der Waals surface area contributed by atoms with Gasteiger partial charge in [0.2, 0.25) is 0 Å². The van der Waals surface area contributed by atoms with E-state index in [-0.39, 0.29) is 6.10 Å². The van der Waals surface area contributed by atoms with Crippen LogP contribution in [0.2, 0.25) is 0 Å². The molecule has 0 aromatic rings. The van der Waals surface area contributed by atoms with Crippen LogP contribution in [0.15, 0.2) is 0 Å². The Labute approximate surface area is 78.7 Å². The number of hydrogen-bond acceptors (Lipinski definition) is 3. The molecule has 12 heavy (non-hydrogen) atoms. The van der Waals surface area contributed by atoms with Gasteiger partial charge in [-0.05, 0) is 11.7 Å². The van der Waals surface area contributed by atoms with E-state index in [2.05, 4.69) is 13.8 Å². The van der Waals surface area contributed by atoms with E-state index < -0.39 is 0 Å². The highest BCUT2D eigenvalue weighted by Gasteiger charge is 2.23. The predicted molar refractivity (Wildman–Crippen MR) is 52.5 cm³/mol. The molecule has 0 aromatic heterocycles. The lowest BCUT2D eigenvalue weighted by atomic mass is 10.0. The maximum absolute atomic E-state index is 9.70. The van der Waals surface area contributed by atoms with Crippen LogP contribution in [0.4, 0.5) is 0 Å². The Morgan fingerprint density at radius 1 is 1.58 bits per heavy atom. The van der Waals surface area contributed by atoms with Gasteiger partial charge in [0.1, 0.15) is 0 Å². The highest BCUT2D eigenvalue weighted by molar-refractivity contribution is 7.99. The molecular weight excluding hydrogens is 172 g/mol. The molecule has 0 bridgehead atoms. The molecule has 2 unspecified atom stereocenters. The second kappa shape index (κ2) is 5.10. The van der Waals surface area contributed by atoms with Gasteiger partial charge in [-0.1, -0.05) is 13.8 Å². The van der Waals surface area contributed by atoms with Gasteiger partial charge in [-0.3, -0.25) is 0 Å². The number of rotatable bonds is 4. The molecule has 1 rings (SSSR count). The number of ether oxygens (including phenoxy) is 1. The summed E-state index contributed by atoms with van der Waals surface area (Å²) in [5.41, 5.74) is 0. The molecule has 1 aliphatic heterocycles. The van der Waals surface area contributed by atoms with E-state index in [0.29, 0.717) is 11.2 Å². The summed E-state index contributed by atoms with van der Waals surface area (Å²) < 4.78 is 5.22. The maximum atomic E-state index is 9.70. The van der Waals surface area contributed by atoms with Crippen molar-refractivity contribution in [3.63, 3.8) is 0 Å². The van der Waals surface area contributed by atoms with Crippen LogP contribution in [-0.2, 0) is 4.74 Å². The number of thioether (sulfide) groups is 1. The van der Waals surface area contributed by atoms with Crippen molar-refractivity contribution < 1.29 is 9.84 Å². The van der Waals surface area contributed by atoms with E-state index in [1.54, 1.807) is 0 Å². The molecule has 0 spiro atoms. The molecule has 0 amide bonds. The Kier molecular flexibility index (Phi) is 4.40. The molecule has 3 heteroatoms. The van der Waals surface area contributed by atoms with Gasteiger partial charge in [-0.15, -0.1) is 0 Å². The summed E-state index contributed by atoms with van der Waals surface area (Å²) >= 11 is 1.82. The zero-order chi connectivity index (χ0) is 8.97. The molecule has 0 saturated carbocycles. The Morgan fingerprint density at radius 2 is 2.33 bits per heavy atom. The second-order valence-corrected chi connectivity index (χ2v) is 5.18. The molecule has 2 nitrogen and oxygen atoms in total. The number of aliphatic hydroxyl groups is 1. The van der Waals surface area contributed by atoms with Crippen LogP contribution in [0.25, 0.3) is 0 Å². The van der Waals surface area contributed by atoms with Gasteiger partial charge < -0.3 is 9.84 Å². The van der Waals surface area contributed by atoms with Crippen molar-refractivity contribution in [3.8, 4) is 0 Å². The summed E-state index contributed by atoms with van der Waals surface area (Å²) in [6, 6.07) is 0. The van der Waals surface area contributed by atoms with Gasteiger partial charge in [0.25, 0.3) is 0 Å². The first-order chi connectivity index (χ1) is 5.70. The summed E-state index contributed by atoms with van der Waals surface area (Å²) in [5, 5.41) is 10.3. The maximum Gasteiger partial charge on any atom is 0.0681 e. The lowest BCUT2D eigenvalue weighted by Crippen LogP contribution is -2.23. The molecule has 1 saturated heterocycles. The minimum atomic E-state index is -0.167. The molecule has 2 atom stereocenters. The molecule has 0 aliphatic carbocycles. The standard InChI is InChI=1S/C9H18O2S/c1-7(2)12-6-9(10)8-3-4-11-5-8/h7-10H,3-6H2,1-2H3. The van der Waals surface area contributed by atoms with Gasteiger partial charge in [-0.2, -0.15) is 11.8 Å². The second-order valence-electron chi connectivity index (χ2n) is 3.57. The van der Waals surface area contributed by atoms with Crippen molar-refractivity contribution in [1.29, 1.82) is 0 Å². The number of hydrogen-bond donors (Lipinski definition) is 1. The Bertz CT molecular complexity index is 122. The molecule has 0 aromatic carbocycles. The molecule has 1 fully saturated rings. The van der Waals surface area contributed by atoms with Crippen LogP contribution in [0.3, 0.4) is 0 Å². The highest BCUT2D eigenvalue weighted by atomic mass is 32.2. The first-order valence-corrected chi connectivity index (χ1v) is 5.62. The summed E-state index contributed by atoms with van der Waals surface area (Å²) in [6.45, 7) is 5.89. The van der Waals surface area contributed by atoms with E-state index >= 15 is 0 Å². The Morgan fingerprint density at radius 3 is 2.83 bits per heavy atom. The molecular formula is C9H18O2S. The SMILES string of the molecule is CC(C)SCC(O)C1CCOC1. The third-order valence-electron chi connectivity index (χ3n) is 2.11. The lowest BCUT2D eigenvalue weighted by Gasteiger charge is -2.16. The third-order valence-corrected chi connectivity index (χ3v) is 3.31. The van der Waals surface area contributed by atoms with Crippen LogP contribution >= 0.6 is 11.8 Å². The van der Waals surface area contributed by atoms with Crippen LogP contribution in [0.5, 0.6) is 0 Å². The largest absolute Gasteiger partial charge is 0.392 e. The predicted octanol–water partition coefficient (Wildman–Crippen LogP) is 1.53. The minimum absolute atomic E-state index is 0.167.